The van der Waals surface area contributed by atoms with Gasteiger partial charge < -0.3 is 9.80 Å². The number of hydrogen-bond donors (Lipinski definition) is 0. The number of amides is 1. The molecule has 3 rings (SSSR count). The summed E-state index contributed by atoms with van der Waals surface area (Å²) in [6, 6.07) is 6.91. The van der Waals surface area contributed by atoms with Crippen LogP contribution in [0.2, 0.25) is 0 Å². The van der Waals surface area contributed by atoms with Gasteiger partial charge >= 0.3 is 0 Å². The predicted molar refractivity (Wildman–Crippen MR) is 103 cm³/mol. The third-order valence-corrected chi connectivity index (χ3v) is 5.74. The number of rotatable bonds is 7. The molecule has 1 aliphatic carbocycles. The molecular weight excluding hydrogens is 327 g/mol. The molecule has 1 fully saturated rings. The summed E-state index contributed by atoms with van der Waals surface area (Å²) < 4.78 is 13.3. The Morgan fingerprint density at radius 1 is 1.31 bits per heavy atom. The van der Waals surface area contributed by atoms with E-state index < -0.39 is 0 Å². The first-order valence-electron chi connectivity index (χ1n) is 10.1. The summed E-state index contributed by atoms with van der Waals surface area (Å²) in [5.74, 6) is 0.893. The van der Waals surface area contributed by atoms with Crippen molar-refractivity contribution >= 4 is 5.91 Å². The lowest BCUT2D eigenvalue weighted by atomic mass is 9.96. The van der Waals surface area contributed by atoms with E-state index in [1.54, 1.807) is 12.1 Å². The molecule has 1 aromatic carbocycles. The van der Waals surface area contributed by atoms with Gasteiger partial charge in [0.1, 0.15) is 5.82 Å². The zero-order valence-electron chi connectivity index (χ0n) is 15.9. The molecule has 0 N–H and O–H groups in total. The van der Waals surface area contributed by atoms with Gasteiger partial charge in [0.15, 0.2) is 0 Å². The third kappa shape index (κ3) is 5.16. The van der Waals surface area contributed by atoms with E-state index >= 15 is 0 Å². The van der Waals surface area contributed by atoms with Gasteiger partial charge in [-0.3, -0.25) is 4.79 Å². The first-order valence-corrected chi connectivity index (χ1v) is 10.1. The number of piperidine rings is 1. The van der Waals surface area contributed by atoms with Gasteiger partial charge in [0.25, 0.3) is 0 Å². The van der Waals surface area contributed by atoms with Crippen molar-refractivity contribution in [3.8, 4) is 0 Å². The Hall–Kier alpha value is -1.68. The number of benzene rings is 1. The van der Waals surface area contributed by atoms with Crippen LogP contribution in [0.4, 0.5) is 4.39 Å². The fraction of sp³-hybridized carbons (Fsp3) is 0.591. The highest BCUT2D eigenvalue weighted by molar-refractivity contribution is 5.79. The number of allylic oxidation sites excluding steroid dienone is 2. The largest absolute Gasteiger partial charge is 0.342 e. The predicted octanol–water partition coefficient (Wildman–Crippen LogP) is 3.89. The molecule has 1 atom stereocenters. The molecule has 4 heteroatoms. The fourth-order valence-electron chi connectivity index (χ4n) is 4.25. The van der Waals surface area contributed by atoms with Crippen molar-refractivity contribution in [3.05, 3.63) is 47.8 Å². The van der Waals surface area contributed by atoms with E-state index in [1.165, 1.54) is 18.9 Å². The average Bonchev–Trinajstić information content (AvgIpc) is 3.19. The molecule has 1 heterocycles. The van der Waals surface area contributed by atoms with E-state index in [-0.39, 0.29) is 11.7 Å². The van der Waals surface area contributed by atoms with E-state index in [4.69, 9.17) is 0 Å². The summed E-state index contributed by atoms with van der Waals surface area (Å²) in [5.41, 5.74) is 1.06. The smallest absolute Gasteiger partial charge is 0.226 e. The fourth-order valence-corrected chi connectivity index (χ4v) is 4.25. The zero-order valence-corrected chi connectivity index (χ0v) is 15.9. The quantitative estimate of drug-likeness (QED) is 0.690. The Balaban J connectivity index is 1.48. The molecule has 2 aliphatic rings. The molecule has 0 bridgehead atoms. The minimum atomic E-state index is -0.155. The van der Waals surface area contributed by atoms with Crippen molar-refractivity contribution in [2.45, 2.75) is 39.0 Å². The molecule has 0 unspecified atom stereocenters. The first kappa shape index (κ1) is 19.1. The standard InChI is InChI=1S/C22H31FN2O/c1-2-25(22(26)20-9-3-4-10-20)17-19-8-6-13-24(16-19)14-12-18-7-5-11-21(23)15-18/h3-5,7,11,15,19-20H,2,6,8-10,12-14,16-17H2,1H3/t19-/m1/s1. The lowest BCUT2D eigenvalue weighted by molar-refractivity contribution is -0.135. The van der Waals surface area contributed by atoms with Crippen LogP contribution in [-0.2, 0) is 11.2 Å². The van der Waals surface area contributed by atoms with Crippen molar-refractivity contribution in [1.29, 1.82) is 0 Å². The molecule has 0 radical (unpaired) electrons. The second kappa shape index (κ2) is 9.31. The summed E-state index contributed by atoms with van der Waals surface area (Å²) in [6.45, 7) is 6.88. The molecule has 1 aromatic rings. The maximum atomic E-state index is 13.3. The Kier molecular flexibility index (Phi) is 6.84. The highest BCUT2D eigenvalue weighted by Gasteiger charge is 2.27. The van der Waals surface area contributed by atoms with Gasteiger partial charge in [0.05, 0.1) is 0 Å². The van der Waals surface area contributed by atoms with Crippen molar-refractivity contribution < 1.29 is 9.18 Å². The Morgan fingerprint density at radius 2 is 2.12 bits per heavy atom. The summed E-state index contributed by atoms with van der Waals surface area (Å²) in [5, 5.41) is 0. The molecule has 26 heavy (non-hydrogen) atoms. The molecule has 0 spiro atoms. The van der Waals surface area contributed by atoms with Crippen LogP contribution in [0.15, 0.2) is 36.4 Å². The highest BCUT2D eigenvalue weighted by atomic mass is 19.1. The van der Waals surface area contributed by atoms with Gasteiger partial charge in [-0.2, -0.15) is 0 Å². The molecule has 0 saturated carbocycles. The molecule has 1 amide bonds. The normalized spacial score (nSPS) is 21.2. The summed E-state index contributed by atoms with van der Waals surface area (Å²) in [6.07, 6.45) is 9.33. The van der Waals surface area contributed by atoms with E-state index in [9.17, 15) is 9.18 Å². The topological polar surface area (TPSA) is 23.6 Å². The van der Waals surface area contributed by atoms with Gasteiger partial charge in [-0.25, -0.2) is 4.39 Å². The van der Waals surface area contributed by atoms with Gasteiger partial charge in [-0.1, -0.05) is 24.3 Å². The lowest BCUT2D eigenvalue weighted by Gasteiger charge is -2.36. The van der Waals surface area contributed by atoms with Crippen molar-refractivity contribution in [2.75, 3.05) is 32.7 Å². The number of carbonyl (C=O) groups is 1. The molecule has 3 nitrogen and oxygen atoms in total. The van der Waals surface area contributed by atoms with Crippen LogP contribution < -0.4 is 0 Å². The SMILES string of the molecule is CCN(C[C@@H]1CCCN(CCc2cccc(F)c2)C1)C(=O)C1CC=CC1. The second-order valence-corrected chi connectivity index (χ2v) is 7.71. The Labute approximate surface area is 156 Å². The van der Waals surface area contributed by atoms with E-state index in [1.807, 2.05) is 6.07 Å². The number of nitrogens with zero attached hydrogens (tertiary/aromatic N) is 2. The van der Waals surface area contributed by atoms with Gasteiger partial charge in [0, 0.05) is 32.1 Å². The van der Waals surface area contributed by atoms with Crippen molar-refractivity contribution in [1.82, 2.24) is 9.80 Å². The first-order chi connectivity index (χ1) is 12.7. The van der Waals surface area contributed by atoms with Crippen molar-refractivity contribution in [3.63, 3.8) is 0 Å². The van der Waals surface area contributed by atoms with E-state index in [2.05, 4.69) is 28.9 Å². The number of likely N-dealkylation sites (tertiary alicyclic amines) is 1. The molecule has 142 valence electrons. The maximum Gasteiger partial charge on any atom is 0.226 e. The molecule has 1 saturated heterocycles. The van der Waals surface area contributed by atoms with Gasteiger partial charge in [-0.15, -0.1) is 0 Å². The summed E-state index contributed by atoms with van der Waals surface area (Å²) in [4.78, 5) is 17.3. The molecule has 0 aromatic heterocycles. The maximum absolute atomic E-state index is 13.3. The van der Waals surface area contributed by atoms with Crippen LogP contribution in [0.25, 0.3) is 0 Å². The van der Waals surface area contributed by atoms with Crippen LogP contribution in [0, 0.1) is 17.7 Å². The molecule has 1 aliphatic heterocycles. The third-order valence-electron chi connectivity index (χ3n) is 5.74. The van der Waals surface area contributed by atoms with E-state index in [0.717, 1.165) is 57.5 Å². The number of hydrogen-bond acceptors (Lipinski definition) is 2. The van der Waals surface area contributed by atoms with E-state index in [0.29, 0.717) is 11.8 Å². The van der Waals surface area contributed by atoms with Crippen LogP contribution in [-0.4, -0.2) is 48.4 Å². The monoisotopic (exact) mass is 358 g/mol. The van der Waals surface area contributed by atoms with Crippen LogP contribution in [0.1, 0.15) is 38.2 Å². The molecular formula is C22H31FN2O. The van der Waals surface area contributed by atoms with Gasteiger partial charge in [0.2, 0.25) is 5.91 Å². The second-order valence-electron chi connectivity index (χ2n) is 7.71. The number of carbonyl (C=O) groups excluding carboxylic acids is 1. The summed E-state index contributed by atoms with van der Waals surface area (Å²) >= 11 is 0. The van der Waals surface area contributed by atoms with Crippen molar-refractivity contribution in [2.24, 2.45) is 11.8 Å². The van der Waals surface area contributed by atoms with Crippen LogP contribution in [0.5, 0.6) is 0 Å². The minimum Gasteiger partial charge on any atom is -0.342 e. The number of halogens is 1. The Morgan fingerprint density at radius 3 is 2.85 bits per heavy atom. The highest BCUT2D eigenvalue weighted by Crippen LogP contribution is 2.23. The van der Waals surface area contributed by atoms with Crippen LogP contribution >= 0.6 is 0 Å². The van der Waals surface area contributed by atoms with Gasteiger partial charge in [-0.05, 0) is 69.2 Å². The Bertz CT molecular complexity index is 622. The summed E-state index contributed by atoms with van der Waals surface area (Å²) in [7, 11) is 0. The lowest BCUT2D eigenvalue weighted by Crippen LogP contribution is -2.44. The van der Waals surface area contributed by atoms with Crippen LogP contribution in [0.3, 0.4) is 0 Å². The zero-order chi connectivity index (χ0) is 18.4. The average molecular weight is 359 g/mol. The minimum absolute atomic E-state index is 0.155.